The van der Waals surface area contributed by atoms with E-state index in [2.05, 4.69) is 29.4 Å². The van der Waals surface area contributed by atoms with Crippen LogP contribution in [0.1, 0.15) is 39.0 Å². The van der Waals surface area contributed by atoms with Gasteiger partial charge in [-0.15, -0.1) is 0 Å². The molecule has 1 saturated carbocycles. The fraction of sp³-hybridized carbons (Fsp3) is 0.533. The molecule has 1 aliphatic rings. The maximum atomic E-state index is 5.66. The predicted octanol–water partition coefficient (Wildman–Crippen LogP) is 4.44. The van der Waals surface area contributed by atoms with E-state index in [1.165, 1.54) is 30.4 Å². The molecule has 0 saturated heterocycles. The lowest BCUT2D eigenvalue weighted by Gasteiger charge is -2.09. The third-order valence-electron chi connectivity index (χ3n) is 3.52. The summed E-state index contributed by atoms with van der Waals surface area (Å²) in [5, 5.41) is 4.61. The van der Waals surface area contributed by atoms with E-state index in [0.29, 0.717) is 6.04 Å². The third kappa shape index (κ3) is 3.00. The zero-order chi connectivity index (χ0) is 13.1. The maximum Gasteiger partial charge on any atom is 0.184 e. The monoisotopic (exact) mass is 276 g/mol. The van der Waals surface area contributed by atoms with Crippen molar-refractivity contribution in [3.8, 4) is 5.75 Å². The van der Waals surface area contributed by atoms with Crippen LogP contribution in [0.4, 0.5) is 5.13 Å². The molecule has 0 unspecified atom stereocenters. The van der Waals surface area contributed by atoms with Crippen molar-refractivity contribution in [1.29, 1.82) is 0 Å². The fourth-order valence-electron chi connectivity index (χ4n) is 2.52. The summed E-state index contributed by atoms with van der Waals surface area (Å²) in [5.41, 5.74) is 1.06. The molecule has 0 bridgehead atoms. The van der Waals surface area contributed by atoms with E-state index >= 15 is 0 Å². The summed E-state index contributed by atoms with van der Waals surface area (Å²) >= 11 is 1.73. The van der Waals surface area contributed by atoms with Gasteiger partial charge in [0.1, 0.15) is 5.75 Å². The van der Waals surface area contributed by atoms with Crippen LogP contribution in [0.25, 0.3) is 10.2 Å². The average molecular weight is 276 g/mol. The number of fused-ring (bicyclic) bond motifs is 1. The van der Waals surface area contributed by atoms with E-state index in [1.54, 1.807) is 11.3 Å². The normalized spacial score (nSPS) is 16.1. The van der Waals surface area contributed by atoms with Crippen LogP contribution in [0.15, 0.2) is 18.2 Å². The molecule has 0 aliphatic heterocycles. The molecule has 3 nitrogen and oxygen atoms in total. The second-order valence-corrected chi connectivity index (χ2v) is 6.15. The molecule has 2 aromatic rings. The van der Waals surface area contributed by atoms with Crippen molar-refractivity contribution in [3.63, 3.8) is 0 Å². The third-order valence-corrected chi connectivity index (χ3v) is 4.46. The minimum Gasteiger partial charge on any atom is -0.494 e. The molecule has 1 N–H and O–H groups in total. The Morgan fingerprint density at radius 2 is 2.21 bits per heavy atom. The first-order valence-electron chi connectivity index (χ1n) is 7.15. The Kier molecular flexibility index (Phi) is 3.87. The molecule has 102 valence electrons. The van der Waals surface area contributed by atoms with Gasteiger partial charge in [0.15, 0.2) is 5.13 Å². The zero-order valence-electron chi connectivity index (χ0n) is 11.3. The Morgan fingerprint density at radius 3 is 3.00 bits per heavy atom. The quantitative estimate of drug-likeness (QED) is 0.876. The number of rotatable bonds is 5. The number of aromatic nitrogens is 1. The molecule has 0 amide bonds. The van der Waals surface area contributed by atoms with E-state index in [9.17, 15) is 0 Å². The van der Waals surface area contributed by atoms with Crippen LogP contribution in [0.3, 0.4) is 0 Å². The molecule has 0 atom stereocenters. The van der Waals surface area contributed by atoms with Gasteiger partial charge in [-0.3, -0.25) is 0 Å². The molecule has 1 aromatic carbocycles. The number of hydrogen-bond donors (Lipinski definition) is 1. The molecule has 0 spiro atoms. The highest BCUT2D eigenvalue weighted by Gasteiger charge is 2.16. The van der Waals surface area contributed by atoms with Crippen LogP contribution in [0, 0.1) is 0 Å². The number of anilines is 1. The van der Waals surface area contributed by atoms with E-state index in [1.807, 2.05) is 6.07 Å². The Morgan fingerprint density at radius 1 is 1.37 bits per heavy atom. The van der Waals surface area contributed by atoms with Gasteiger partial charge in [-0.1, -0.05) is 31.1 Å². The van der Waals surface area contributed by atoms with Crippen molar-refractivity contribution < 1.29 is 4.74 Å². The first-order chi connectivity index (χ1) is 9.35. The van der Waals surface area contributed by atoms with Gasteiger partial charge in [0.05, 0.1) is 16.8 Å². The van der Waals surface area contributed by atoms with Crippen molar-refractivity contribution in [2.24, 2.45) is 0 Å². The molecule has 4 heteroatoms. The summed E-state index contributed by atoms with van der Waals surface area (Å²) in [6, 6.07) is 6.78. The Balaban J connectivity index is 1.75. The van der Waals surface area contributed by atoms with Gasteiger partial charge in [-0.25, -0.2) is 4.98 Å². The van der Waals surface area contributed by atoms with Crippen molar-refractivity contribution in [3.05, 3.63) is 18.2 Å². The highest BCUT2D eigenvalue weighted by Crippen LogP contribution is 2.31. The van der Waals surface area contributed by atoms with Crippen LogP contribution in [0.5, 0.6) is 5.75 Å². The summed E-state index contributed by atoms with van der Waals surface area (Å²) in [6.07, 6.45) is 6.28. The van der Waals surface area contributed by atoms with E-state index in [-0.39, 0.29) is 0 Å². The minimum absolute atomic E-state index is 0.622. The lowest BCUT2D eigenvalue weighted by atomic mass is 10.3. The van der Waals surface area contributed by atoms with E-state index in [4.69, 9.17) is 4.74 Å². The minimum atomic E-state index is 0.622. The van der Waals surface area contributed by atoms with Crippen LogP contribution < -0.4 is 10.1 Å². The number of nitrogens with one attached hydrogen (secondary N) is 1. The first kappa shape index (κ1) is 12.7. The van der Waals surface area contributed by atoms with Crippen LogP contribution >= 0.6 is 11.3 Å². The van der Waals surface area contributed by atoms with E-state index < -0.39 is 0 Å². The van der Waals surface area contributed by atoms with E-state index in [0.717, 1.165) is 29.4 Å². The van der Waals surface area contributed by atoms with Crippen LogP contribution in [-0.4, -0.2) is 17.6 Å². The van der Waals surface area contributed by atoms with Gasteiger partial charge >= 0.3 is 0 Å². The van der Waals surface area contributed by atoms with Crippen molar-refractivity contribution in [2.45, 2.75) is 45.1 Å². The molecule has 1 heterocycles. The Bertz CT molecular complexity index is 546. The molecule has 1 aliphatic carbocycles. The molecule has 1 aromatic heterocycles. The Hall–Kier alpha value is -1.29. The lowest BCUT2D eigenvalue weighted by Crippen LogP contribution is -2.13. The van der Waals surface area contributed by atoms with Gasteiger partial charge in [-0.2, -0.15) is 0 Å². The van der Waals surface area contributed by atoms with Crippen molar-refractivity contribution in [2.75, 3.05) is 11.9 Å². The molecular weight excluding hydrogens is 256 g/mol. The number of benzene rings is 1. The number of hydrogen-bond acceptors (Lipinski definition) is 4. The van der Waals surface area contributed by atoms with Crippen molar-refractivity contribution in [1.82, 2.24) is 4.98 Å². The fourth-order valence-corrected chi connectivity index (χ4v) is 3.49. The van der Waals surface area contributed by atoms with Gasteiger partial charge in [-0.05, 0) is 37.5 Å². The number of thiazole rings is 1. The van der Waals surface area contributed by atoms with Gasteiger partial charge in [0, 0.05) is 6.04 Å². The highest BCUT2D eigenvalue weighted by molar-refractivity contribution is 7.22. The molecule has 3 rings (SSSR count). The predicted molar refractivity (Wildman–Crippen MR) is 81.3 cm³/mol. The number of ether oxygens (including phenoxy) is 1. The molecular formula is C15H20N2OS. The smallest absolute Gasteiger partial charge is 0.184 e. The summed E-state index contributed by atoms with van der Waals surface area (Å²) in [4.78, 5) is 4.65. The van der Waals surface area contributed by atoms with Crippen LogP contribution in [-0.2, 0) is 0 Å². The SMILES string of the molecule is CCCOc1ccc2nc(NC3CCCC3)sc2c1. The maximum absolute atomic E-state index is 5.66. The van der Waals surface area contributed by atoms with Crippen molar-refractivity contribution >= 4 is 26.7 Å². The molecule has 0 radical (unpaired) electrons. The van der Waals surface area contributed by atoms with Crippen LogP contribution in [0.2, 0.25) is 0 Å². The zero-order valence-corrected chi connectivity index (χ0v) is 12.1. The Labute approximate surface area is 118 Å². The first-order valence-corrected chi connectivity index (χ1v) is 7.97. The van der Waals surface area contributed by atoms with Gasteiger partial charge in [0.25, 0.3) is 0 Å². The summed E-state index contributed by atoms with van der Waals surface area (Å²) in [7, 11) is 0. The molecule has 1 fully saturated rings. The average Bonchev–Trinajstić information content (AvgIpc) is 3.04. The number of nitrogens with zero attached hydrogens (tertiary/aromatic N) is 1. The summed E-state index contributed by atoms with van der Waals surface area (Å²) in [5.74, 6) is 0.949. The highest BCUT2D eigenvalue weighted by atomic mass is 32.1. The second kappa shape index (κ2) is 5.78. The molecule has 19 heavy (non-hydrogen) atoms. The standard InChI is InChI=1S/C15H20N2OS/c1-2-9-18-12-7-8-13-14(10-12)19-15(17-13)16-11-5-3-4-6-11/h7-8,10-11H,2-6,9H2,1H3,(H,16,17). The topological polar surface area (TPSA) is 34.1 Å². The van der Waals surface area contributed by atoms with Gasteiger partial charge < -0.3 is 10.1 Å². The summed E-state index contributed by atoms with van der Waals surface area (Å²) in [6.45, 7) is 2.90. The largest absolute Gasteiger partial charge is 0.494 e. The lowest BCUT2D eigenvalue weighted by molar-refractivity contribution is 0.318. The summed E-state index contributed by atoms with van der Waals surface area (Å²) < 4.78 is 6.87. The van der Waals surface area contributed by atoms with Gasteiger partial charge in [0.2, 0.25) is 0 Å². The second-order valence-electron chi connectivity index (χ2n) is 5.12.